The number of rotatable bonds is 3. The second-order valence-electron chi connectivity index (χ2n) is 5.46. The van der Waals surface area contributed by atoms with Gasteiger partial charge in [-0.1, -0.05) is 0 Å². The van der Waals surface area contributed by atoms with Crippen molar-refractivity contribution in [3.63, 3.8) is 0 Å². The van der Waals surface area contributed by atoms with Crippen molar-refractivity contribution in [2.45, 2.75) is 6.92 Å². The Morgan fingerprint density at radius 2 is 1.82 bits per heavy atom. The van der Waals surface area contributed by atoms with Gasteiger partial charge in [0.2, 0.25) is 0 Å². The fraction of sp³-hybridized carbons (Fsp3) is 0.176. The number of nitrogens with one attached hydrogen (secondary N) is 1. The van der Waals surface area contributed by atoms with E-state index in [2.05, 4.69) is 10.3 Å². The van der Waals surface area contributed by atoms with Crippen molar-refractivity contribution in [2.75, 3.05) is 24.3 Å². The van der Waals surface area contributed by atoms with E-state index in [1.165, 1.54) is 0 Å². The summed E-state index contributed by atoms with van der Waals surface area (Å²) in [4.78, 5) is 18.6. The van der Waals surface area contributed by atoms with Crippen LogP contribution in [0.25, 0.3) is 5.65 Å². The number of benzene rings is 1. The van der Waals surface area contributed by atoms with E-state index in [0.717, 1.165) is 22.7 Å². The Morgan fingerprint density at radius 3 is 2.50 bits per heavy atom. The summed E-state index contributed by atoms with van der Waals surface area (Å²) in [5, 5.41) is 2.91. The number of aryl methyl sites for hydroxylation is 1. The molecule has 0 aliphatic heterocycles. The van der Waals surface area contributed by atoms with E-state index in [-0.39, 0.29) is 5.91 Å². The molecule has 0 atom stereocenters. The van der Waals surface area contributed by atoms with Crippen LogP contribution >= 0.6 is 0 Å². The summed E-state index contributed by atoms with van der Waals surface area (Å²) in [7, 11) is 3.94. The van der Waals surface area contributed by atoms with Crippen LogP contribution in [-0.2, 0) is 0 Å². The summed E-state index contributed by atoms with van der Waals surface area (Å²) < 4.78 is 1.90. The van der Waals surface area contributed by atoms with Crippen molar-refractivity contribution in [3.8, 4) is 0 Å². The number of carbonyl (C=O) groups excluding carboxylic acids is 1. The Bertz CT molecular complexity index is 818. The van der Waals surface area contributed by atoms with E-state index in [9.17, 15) is 4.79 Å². The molecule has 0 fully saturated rings. The summed E-state index contributed by atoms with van der Waals surface area (Å²) in [5.41, 5.74) is 4.25. The van der Waals surface area contributed by atoms with Gasteiger partial charge in [0, 0.05) is 37.7 Å². The summed E-state index contributed by atoms with van der Waals surface area (Å²) in [5.74, 6) is -0.124. The van der Waals surface area contributed by atoms with E-state index in [1.54, 1.807) is 0 Å². The first kappa shape index (κ1) is 14.1. The van der Waals surface area contributed by atoms with Crippen LogP contribution in [0.4, 0.5) is 11.4 Å². The Hall–Kier alpha value is -2.82. The average molecular weight is 294 g/mol. The van der Waals surface area contributed by atoms with Gasteiger partial charge in [0.15, 0.2) is 0 Å². The van der Waals surface area contributed by atoms with Crippen LogP contribution in [0.2, 0.25) is 0 Å². The summed E-state index contributed by atoms with van der Waals surface area (Å²) in [6.45, 7) is 1.94. The lowest BCUT2D eigenvalue weighted by atomic mass is 10.2. The van der Waals surface area contributed by atoms with Crippen molar-refractivity contribution >= 4 is 22.9 Å². The van der Waals surface area contributed by atoms with Crippen LogP contribution in [0.3, 0.4) is 0 Å². The number of carbonyl (C=O) groups is 1. The van der Waals surface area contributed by atoms with Gasteiger partial charge in [-0.2, -0.15) is 0 Å². The van der Waals surface area contributed by atoms with Gasteiger partial charge in [-0.25, -0.2) is 4.98 Å². The highest BCUT2D eigenvalue weighted by atomic mass is 16.1. The highest BCUT2D eigenvalue weighted by molar-refractivity contribution is 6.04. The lowest BCUT2D eigenvalue weighted by Gasteiger charge is -2.12. The standard InChI is InChI=1S/C17H18N4O/c1-12-10-21-11-14(6-9-16(21)18-12)19-17(22)13-4-7-15(8-5-13)20(2)3/h4-11H,1-3H3,(H,19,22). The van der Waals surface area contributed by atoms with Crippen LogP contribution in [-0.4, -0.2) is 29.4 Å². The highest BCUT2D eigenvalue weighted by Gasteiger charge is 2.07. The molecule has 0 saturated carbocycles. The largest absolute Gasteiger partial charge is 0.378 e. The van der Waals surface area contributed by atoms with Crippen molar-refractivity contribution in [1.82, 2.24) is 9.38 Å². The van der Waals surface area contributed by atoms with Crippen molar-refractivity contribution in [2.24, 2.45) is 0 Å². The minimum absolute atomic E-state index is 0.124. The molecule has 0 spiro atoms. The molecule has 2 aromatic heterocycles. The molecule has 0 radical (unpaired) electrons. The van der Waals surface area contributed by atoms with Crippen LogP contribution < -0.4 is 10.2 Å². The number of fused-ring (bicyclic) bond motifs is 1. The number of nitrogens with zero attached hydrogens (tertiary/aromatic N) is 3. The molecule has 5 heteroatoms. The van der Waals surface area contributed by atoms with Crippen LogP contribution in [0.5, 0.6) is 0 Å². The SMILES string of the molecule is Cc1cn2cc(NC(=O)c3ccc(N(C)C)cc3)ccc2n1. The second kappa shape index (κ2) is 5.52. The Kier molecular flexibility index (Phi) is 3.55. The van der Waals surface area contributed by atoms with Gasteiger partial charge in [-0.05, 0) is 43.3 Å². The van der Waals surface area contributed by atoms with E-state index < -0.39 is 0 Å². The first-order valence-corrected chi connectivity index (χ1v) is 7.07. The van der Waals surface area contributed by atoms with E-state index >= 15 is 0 Å². The molecular formula is C17H18N4O. The predicted octanol–water partition coefficient (Wildman–Crippen LogP) is 2.96. The molecule has 112 valence electrons. The highest BCUT2D eigenvalue weighted by Crippen LogP contribution is 2.15. The number of hydrogen-bond acceptors (Lipinski definition) is 3. The third-order valence-electron chi connectivity index (χ3n) is 3.48. The third kappa shape index (κ3) is 2.79. The molecular weight excluding hydrogens is 276 g/mol. The van der Waals surface area contributed by atoms with Crippen LogP contribution in [0.1, 0.15) is 16.1 Å². The smallest absolute Gasteiger partial charge is 0.255 e. The van der Waals surface area contributed by atoms with Crippen molar-refractivity contribution in [3.05, 3.63) is 60.0 Å². The first-order valence-electron chi connectivity index (χ1n) is 7.07. The molecule has 5 nitrogen and oxygen atoms in total. The topological polar surface area (TPSA) is 49.6 Å². The van der Waals surface area contributed by atoms with Gasteiger partial charge < -0.3 is 14.6 Å². The number of amides is 1. The van der Waals surface area contributed by atoms with Gasteiger partial charge >= 0.3 is 0 Å². The van der Waals surface area contributed by atoms with Gasteiger partial charge in [-0.3, -0.25) is 4.79 Å². The Morgan fingerprint density at radius 1 is 1.09 bits per heavy atom. The molecule has 0 aliphatic rings. The zero-order valence-electron chi connectivity index (χ0n) is 12.9. The van der Waals surface area contributed by atoms with Gasteiger partial charge in [0.1, 0.15) is 5.65 Å². The molecule has 0 aliphatic carbocycles. The number of anilines is 2. The fourth-order valence-electron chi connectivity index (χ4n) is 2.31. The molecule has 1 aromatic carbocycles. The van der Waals surface area contributed by atoms with Crippen molar-refractivity contribution < 1.29 is 4.79 Å². The third-order valence-corrected chi connectivity index (χ3v) is 3.48. The summed E-state index contributed by atoms with van der Waals surface area (Å²) in [6.07, 6.45) is 3.79. The molecule has 3 aromatic rings. The Labute approximate surface area is 129 Å². The number of aromatic nitrogens is 2. The zero-order chi connectivity index (χ0) is 15.7. The average Bonchev–Trinajstić information content (AvgIpc) is 2.86. The molecule has 22 heavy (non-hydrogen) atoms. The molecule has 0 saturated heterocycles. The molecule has 1 N–H and O–H groups in total. The molecule has 1 amide bonds. The lowest BCUT2D eigenvalue weighted by Crippen LogP contribution is -2.13. The normalized spacial score (nSPS) is 10.7. The lowest BCUT2D eigenvalue weighted by molar-refractivity contribution is 0.102. The minimum atomic E-state index is -0.124. The van der Waals surface area contributed by atoms with Gasteiger partial charge in [0.05, 0.1) is 11.4 Å². The van der Waals surface area contributed by atoms with E-state index in [4.69, 9.17) is 0 Å². The number of pyridine rings is 1. The molecule has 0 unspecified atom stereocenters. The second-order valence-corrected chi connectivity index (χ2v) is 5.46. The number of hydrogen-bond donors (Lipinski definition) is 1. The van der Waals surface area contributed by atoms with Gasteiger partial charge in [-0.15, -0.1) is 0 Å². The van der Waals surface area contributed by atoms with E-state index in [1.807, 2.05) is 79.1 Å². The zero-order valence-corrected chi connectivity index (χ0v) is 12.9. The van der Waals surface area contributed by atoms with Crippen molar-refractivity contribution in [1.29, 1.82) is 0 Å². The maximum Gasteiger partial charge on any atom is 0.255 e. The minimum Gasteiger partial charge on any atom is -0.378 e. The first-order chi connectivity index (χ1) is 10.5. The summed E-state index contributed by atoms with van der Waals surface area (Å²) >= 11 is 0. The number of imidazole rings is 1. The predicted molar refractivity (Wildman–Crippen MR) is 88.7 cm³/mol. The van der Waals surface area contributed by atoms with Crippen LogP contribution in [0.15, 0.2) is 48.8 Å². The molecule has 0 bridgehead atoms. The Balaban J connectivity index is 1.79. The fourth-order valence-corrected chi connectivity index (χ4v) is 2.31. The monoisotopic (exact) mass is 294 g/mol. The van der Waals surface area contributed by atoms with Gasteiger partial charge in [0.25, 0.3) is 5.91 Å². The molecule has 2 heterocycles. The van der Waals surface area contributed by atoms with E-state index in [0.29, 0.717) is 5.56 Å². The maximum absolute atomic E-state index is 12.3. The quantitative estimate of drug-likeness (QED) is 0.808. The summed E-state index contributed by atoms with van der Waals surface area (Å²) in [6, 6.07) is 11.2. The molecule has 3 rings (SSSR count). The van der Waals surface area contributed by atoms with Crippen LogP contribution in [0, 0.1) is 6.92 Å². The maximum atomic E-state index is 12.3.